The van der Waals surface area contributed by atoms with Crippen molar-refractivity contribution in [1.29, 1.82) is 0 Å². The van der Waals surface area contributed by atoms with Gasteiger partial charge in [-0.15, -0.1) is 0 Å². The Morgan fingerprint density at radius 3 is 2.75 bits per heavy atom. The number of ether oxygens (including phenoxy) is 2. The van der Waals surface area contributed by atoms with Crippen molar-refractivity contribution in [1.82, 2.24) is 9.97 Å². The van der Waals surface area contributed by atoms with E-state index in [4.69, 9.17) is 14.6 Å². The summed E-state index contributed by atoms with van der Waals surface area (Å²) in [4.78, 5) is 18.5. The van der Waals surface area contributed by atoms with E-state index in [1.165, 1.54) is 12.4 Å². The Bertz CT molecular complexity index is 377. The van der Waals surface area contributed by atoms with Gasteiger partial charge in [0.05, 0.1) is 13.2 Å². The zero-order chi connectivity index (χ0) is 11.4. The number of rotatable bonds is 3. The molecule has 1 aliphatic heterocycles. The number of hydrogen-bond donors (Lipinski definition) is 1. The summed E-state index contributed by atoms with van der Waals surface area (Å²) in [5.41, 5.74) is -0.144. The molecule has 1 aromatic heterocycles. The Kier molecular flexibility index (Phi) is 3.31. The predicted molar refractivity (Wildman–Crippen MR) is 53.5 cm³/mol. The number of carbonyl (C=O) groups is 1. The van der Waals surface area contributed by atoms with Crippen molar-refractivity contribution in [3.8, 4) is 5.88 Å². The number of carboxylic acids is 1. The van der Waals surface area contributed by atoms with E-state index in [0.29, 0.717) is 13.2 Å². The van der Waals surface area contributed by atoms with Crippen LogP contribution in [-0.2, 0) is 4.74 Å². The molecule has 1 saturated heterocycles. The molecule has 0 radical (unpaired) electrons. The molecular weight excluding hydrogens is 212 g/mol. The summed E-state index contributed by atoms with van der Waals surface area (Å²) in [5.74, 6) is -1.04. The molecule has 1 aromatic rings. The third-order valence-electron chi connectivity index (χ3n) is 2.31. The number of carboxylic acid groups (broad SMARTS) is 1. The lowest BCUT2D eigenvalue weighted by Gasteiger charge is -2.22. The third-order valence-corrected chi connectivity index (χ3v) is 2.31. The van der Waals surface area contributed by atoms with Gasteiger partial charge in [-0.2, -0.15) is 0 Å². The molecule has 0 spiro atoms. The first kappa shape index (κ1) is 10.8. The average Bonchev–Trinajstić information content (AvgIpc) is 2.31. The molecule has 1 N–H and O–H groups in total. The predicted octanol–water partition coefficient (Wildman–Crippen LogP) is 0.733. The van der Waals surface area contributed by atoms with Crippen LogP contribution in [0.15, 0.2) is 12.4 Å². The van der Waals surface area contributed by atoms with E-state index in [9.17, 15) is 4.79 Å². The SMILES string of the molecule is O=C(O)c1nccnc1OC1CCOCC1. The summed E-state index contributed by atoms with van der Waals surface area (Å²) in [6, 6.07) is 0. The number of hydrogen-bond acceptors (Lipinski definition) is 5. The highest BCUT2D eigenvalue weighted by atomic mass is 16.5. The minimum Gasteiger partial charge on any atom is -0.476 e. The van der Waals surface area contributed by atoms with E-state index in [2.05, 4.69) is 9.97 Å². The Morgan fingerprint density at radius 1 is 1.38 bits per heavy atom. The Hall–Kier alpha value is -1.69. The lowest BCUT2D eigenvalue weighted by molar-refractivity contribution is 0.0227. The van der Waals surface area contributed by atoms with Gasteiger partial charge in [0.25, 0.3) is 0 Å². The Labute approximate surface area is 92.2 Å². The maximum atomic E-state index is 10.9. The van der Waals surface area contributed by atoms with Crippen molar-refractivity contribution in [3.05, 3.63) is 18.1 Å². The van der Waals surface area contributed by atoms with Gasteiger partial charge >= 0.3 is 5.97 Å². The van der Waals surface area contributed by atoms with Crippen LogP contribution in [0.4, 0.5) is 0 Å². The molecule has 1 fully saturated rings. The van der Waals surface area contributed by atoms with E-state index in [1.54, 1.807) is 0 Å². The van der Waals surface area contributed by atoms with Crippen molar-refractivity contribution in [3.63, 3.8) is 0 Å². The van der Waals surface area contributed by atoms with Gasteiger partial charge in [-0.3, -0.25) is 0 Å². The topological polar surface area (TPSA) is 81.5 Å². The standard InChI is InChI=1S/C10H12N2O4/c13-10(14)8-9(12-4-3-11-8)16-7-1-5-15-6-2-7/h3-4,7H,1-2,5-6H2,(H,13,14). The summed E-state index contributed by atoms with van der Waals surface area (Å²) in [7, 11) is 0. The normalized spacial score (nSPS) is 17.0. The summed E-state index contributed by atoms with van der Waals surface area (Å²) >= 11 is 0. The summed E-state index contributed by atoms with van der Waals surface area (Å²) in [6.45, 7) is 1.26. The van der Waals surface area contributed by atoms with Crippen molar-refractivity contribution >= 4 is 5.97 Å². The fourth-order valence-corrected chi connectivity index (χ4v) is 1.51. The lowest BCUT2D eigenvalue weighted by Crippen LogP contribution is -2.27. The molecule has 0 aromatic carbocycles. The molecular formula is C10H12N2O4. The molecule has 1 aliphatic rings. The van der Waals surface area contributed by atoms with Crippen LogP contribution < -0.4 is 4.74 Å². The highest BCUT2D eigenvalue weighted by Gasteiger charge is 2.20. The van der Waals surface area contributed by atoms with Crippen LogP contribution in [0.25, 0.3) is 0 Å². The third kappa shape index (κ3) is 2.46. The Morgan fingerprint density at radius 2 is 2.06 bits per heavy atom. The van der Waals surface area contributed by atoms with Gasteiger partial charge in [0.1, 0.15) is 6.10 Å². The zero-order valence-corrected chi connectivity index (χ0v) is 8.63. The van der Waals surface area contributed by atoms with Crippen LogP contribution in [0.5, 0.6) is 5.88 Å². The molecule has 0 amide bonds. The smallest absolute Gasteiger partial charge is 0.360 e. The van der Waals surface area contributed by atoms with Crippen LogP contribution >= 0.6 is 0 Å². The molecule has 16 heavy (non-hydrogen) atoms. The van der Waals surface area contributed by atoms with Crippen molar-refractivity contribution in [2.45, 2.75) is 18.9 Å². The van der Waals surface area contributed by atoms with Crippen molar-refractivity contribution in [2.24, 2.45) is 0 Å². The van der Waals surface area contributed by atoms with E-state index in [-0.39, 0.29) is 17.7 Å². The number of nitrogens with zero attached hydrogens (tertiary/aromatic N) is 2. The minimum absolute atomic E-state index is 0.0384. The first-order valence-electron chi connectivity index (χ1n) is 5.06. The van der Waals surface area contributed by atoms with E-state index in [0.717, 1.165) is 12.8 Å². The zero-order valence-electron chi connectivity index (χ0n) is 8.63. The fourth-order valence-electron chi connectivity index (χ4n) is 1.51. The van der Waals surface area contributed by atoms with Crippen LogP contribution in [0.2, 0.25) is 0 Å². The second-order valence-electron chi connectivity index (χ2n) is 3.44. The molecule has 0 unspecified atom stereocenters. The number of aromatic carboxylic acids is 1. The molecule has 0 saturated carbocycles. The van der Waals surface area contributed by atoms with E-state index in [1.807, 2.05) is 0 Å². The van der Waals surface area contributed by atoms with Crippen LogP contribution in [0, 0.1) is 0 Å². The van der Waals surface area contributed by atoms with Gasteiger partial charge in [-0.25, -0.2) is 14.8 Å². The molecule has 0 bridgehead atoms. The maximum absolute atomic E-state index is 10.9. The molecule has 2 rings (SSSR count). The largest absolute Gasteiger partial charge is 0.476 e. The molecule has 6 heteroatoms. The lowest BCUT2D eigenvalue weighted by atomic mass is 10.1. The Balaban J connectivity index is 2.10. The summed E-state index contributed by atoms with van der Waals surface area (Å²) in [6.07, 6.45) is 4.20. The first-order chi connectivity index (χ1) is 7.77. The van der Waals surface area contributed by atoms with Crippen LogP contribution in [-0.4, -0.2) is 40.4 Å². The minimum atomic E-state index is -1.13. The first-order valence-corrected chi connectivity index (χ1v) is 5.06. The molecule has 0 aliphatic carbocycles. The monoisotopic (exact) mass is 224 g/mol. The maximum Gasteiger partial charge on any atom is 0.360 e. The number of aromatic nitrogens is 2. The van der Waals surface area contributed by atoms with Gasteiger partial charge in [-0.1, -0.05) is 0 Å². The molecule has 86 valence electrons. The van der Waals surface area contributed by atoms with Gasteiger partial charge in [0.2, 0.25) is 11.6 Å². The van der Waals surface area contributed by atoms with Crippen molar-refractivity contribution < 1.29 is 19.4 Å². The molecule has 2 heterocycles. The quantitative estimate of drug-likeness (QED) is 0.815. The average molecular weight is 224 g/mol. The van der Waals surface area contributed by atoms with Crippen molar-refractivity contribution in [2.75, 3.05) is 13.2 Å². The van der Waals surface area contributed by atoms with Crippen LogP contribution in [0.3, 0.4) is 0 Å². The molecule has 0 atom stereocenters. The van der Waals surface area contributed by atoms with Gasteiger partial charge in [0, 0.05) is 25.2 Å². The fraction of sp³-hybridized carbons (Fsp3) is 0.500. The summed E-state index contributed by atoms with van der Waals surface area (Å²) in [5, 5.41) is 8.89. The second-order valence-corrected chi connectivity index (χ2v) is 3.44. The molecule has 6 nitrogen and oxygen atoms in total. The summed E-state index contributed by atoms with van der Waals surface area (Å²) < 4.78 is 10.7. The second kappa shape index (κ2) is 4.89. The van der Waals surface area contributed by atoms with Gasteiger partial charge in [-0.05, 0) is 0 Å². The van der Waals surface area contributed by atoms with E-state index < -0.39 is 5.97 Å². The van der Waals surface area contributed by atoms with Crippen LogP contribution in [0.1, 0.15) is 23.3 Å². The van der Waals surface area contributed by atoms with Gasteiger partial charge in [0.15, 0.2) is 0 Å². The highest BCUT2D eigenvalue weighted by Crippen LogP contribution is 2.18. The highest BCUT2D eigenvalue weighted by molar-refractivity contribution is 5.87. The van der Waals surface area contributed by atoms with Gasteiger partial charge < -0.3 is 14.6 Å². The van der Waals surface area contributed by atoms with E-state index >= 15 is 0 Å².